The number of alkyl halides is 2. The van der Waals surface area contributed by atoms with Crippen molar-refractivity contribution in [3.8, 4) is 5.75 Å². The monoisotopic (exact) mass is 657 g/mol. The number of sulfone groups is 1. The highest BCUT2D eigenvalue weighted by molar-refractivity contribution is 7.92. The Morgan fingerprint density at radius 2 is 1.72 bits per heavy atom. The molecule has 2 atom stereocenters. The number of ether oxygens (including phenoxy) is 1. The van der Waals surface area contributed by atoms with Gasteiger partial charge in [0.15, 0.2) is 9.84 Å². The molecule has 5 nitrogen and oxygen atoms in total. The molecule has 1 heterocycles. The molecule has 1 aliphatic heterocycles. The SMILES string of the molecule is CCC1CCC(C(=O)N2CCC3(S(=O)(=O)c4ccc(F)cc4)c4ccc(OCc5c(F)cccc5C(C)(F)F)cc4CCC23)CC1. The number of fused-ring (bicyclic) bond motifs is 3. The van der Waals surface area contributed by atoms with E-state index in [0.29, 0.717) is 42.6 Å². The van der Waals surface area contributed by atoms with E-state index in [1.165, 1.54) is 24.3 Å². The van der Waals surface area contributed by atoms with E-state index in [9.17, 15) is 30.8 Å². The van der Waals surface area contributed by atoms with Crippen LogP contribution in [0.25, 0.3) is 0 Å². The molecule has 246 valence electrons. The maximum atomic E-state index is 14.7. The minimum Gasteiger partial charge on any atom is -0.489 e. The Balaban J connectivity index is 1.35. The summed E-state index contributed by atoms with van der Waals surface area (Å²) in [5.74, 6) is -3.85. The van der Waals surface area contributed by atoms with Crippen LogP contribution < -0.4 is 4.74 Å². The number of rotatable bonds is 8. The van der Waals surface area contributed by atoms with Gasteiger partial charge in [-0.25, -0.2) is 26.0 Å². The van der Waals surface area contributed by atoms with E-state index in [4.69, 9.17) is 4.74 Å². The molecule has 3 aliphatic rings. The van der Waals surface area contributed by atoms with Crippen LogP contribution in [-0.4, -0.2) is 31.8 Å². The number of carbonyl (C=O) groups is 1. The zero-order valence-corrected chi connectivity index (χ0v) is 26.9. The highest BCUT2D eigenvalue weighted by Gasteiger charge is 2.61. The molecule has 1 saturated heterocycles. The van der Waals surface area contributed by atoms with Crippen molar-refractivity contribution in [1.82, 2.24) is 4.90 Å². The zero-order chi connectivity index (χ0) is 32.9. The molecule has 0 aromatic heterocycles. The number of hydrogen-bond acceptors (Lipinski definition) is 4. The van der Waals surface area contributed by atoms with Gasteiger partial charge >= 0.3 is 0 Å². The predicted molar refractivity (Wildman–Crippen MR) is 166 cm³/mol. The van der Waals surface area contributed by atoms with Gasteiger partial charge in [0.25, 0.3) is 5.92 Å². The van der Waals surface area contributed by atoms with Gasteiger partial charge in [0, 0.05) is 30.5 Å². The fourth-order valence-corrected chi connectivity index (χ4v) is 10.4. The average Bonchev–Trinajstić information content (AvgIpc) is 3.45. The number of hydrogen-bond donors (Lipinski definition) is 0. The molecule has 0 N–H and O–H groups in total. The highest BCUT2D eigenvalue weighted by Crippen LogP contribution is 2.54. The van der Waals surface area contributed by atoms with E-state index in [1.807, 2.05) is 0 Å². The lowest BCUT2D eigenvalue weighted by Crippen LogP contribution is -2.53. The van der Waals surface area contributed by atoms with E-state index in [0.717, 1.165) is 50.3 Å². The van der Waals surface area contributed by atoms with Crippen molar-refractivity contribution in [1.29, 1.82) is 0 Å². The quantitative estimate of drug-likeness (QED) is 0.182. The Kier molecular flexibility index (Phi) is 8.72. The lowest BCUT2D eigenvalue weighted by atomic mass is 9.77. The third-order valence-electron chi connectivity index (χ3n) is 10.5. The molecule has 6 rings (SSSR count). The van der Waals surface area contributed by atoms with E-state index < -0.39 is 50.4 Å². The Morgan fingerprint density at radius 3 is 2.39 bits per heavy atom. The summed E-state index contributed by atoms with van der Waals surface area (Å²) in [4.78, 5) is 15.8. The standard InChI is InChI=1S/C36H39F4NO4S/c1-3-23-7-9-24(10-8-23)34(42)41-20-19-36(46(43,44)28-15-12-26(37)13-16-28)30-17-14-27(21-25(30)11-18-33(36)41)45-22-29-31(35(2,39)40)5-4-6-32(29)38/h4-6,12-17,21,23-24,33H,3,7-11,18-20,22H2,1-2H3. The Bertz CT molecular complexity index is 1710. The molecule has 0 spiro atoms. The first-order valence-electron chi connectivity index (χ1n) is 16.1. The molecule has 3 aromatic rings. The third-order valence-corrected chi connectivity index (χ3v) is 13.0. The molecule has 46 heavy (non-hydrogen) atoms. The highest BCUT2D eigenvalue weighted by atomic mass is 32.2. The van der Waals surface area contributed by atoms with E-state index in [2.05, 4.69) is 6.92 Å². The van der Waals surface area contributed by atoms with Gasteiger partial charge in [0.2, 0.25) is 5.91 Å². The molecule has 2 fully saturated rings. The van der Waals surface area contributed by atoms with E-state index in [1.54, 1.807) is 23.1 Å². The summed E-state index contributed by atoms with van der Waals surface area (Å²) in [5, 5.41) is 0. The number of halogens is 4. The Labute approximate surface area is 267 Å². The van der Waals surface area contributed by atoms with E-state index in [-0.39, 0.29) is 35.2 Å². The lowest BCUT2D eigenvalue weighted by molar-refractivity contribution is -0.138. The van der Waals surface area contributed by atoms with Gasteiger partial charge < -0.3 is 9.64 Å². The van der Waals surface area contributed by atoms with Crippen LogP contribution >= 0.6 is 0 Å². The largest absolute Gasteiger partial charge is 0.489 e. The zero-order valence-electron chi connectivity index (χ0n) is 26.1. The first-order chi connectivity index (χ1) is 21.9. The van der Waals surface area contributed by atoms with Crippen molar-refractivity contribution in [2.45, 2.75) is 93.4 Å². The minimum absolute atomic E-state index is 0.00700. The molecular formula is C36H39F4NO4S. The van der Waals surface area contributed by atoms with Crippen molar-refractivity contribution in [2.24, 2.45) is 11.8 Å². The summed E-state index contributed by atoms with van der Waals surface area (Å²) in [6, 6.07) is 12.6. The summed E-state index contributed by atoms with van der Waals surface area (Å²) in [6.45, 7) is 2.72. The first-order valence-corrected chi connectivity index (χ1v) is 17.6. The summed E-state index contributed by atoms with van der Waals surface area (Å²) < 4.78 is 90.6. The number of benzene rings is 3. The molecule has 2 aliphatic carbocycles. The van der Waals surface area contributed by atoms with Crippen LogP contribution in [0.3, 0.4) is 0 Å². The second kappa shape index (κ2) is 12.3. The molecule has 3 aromatic carbocycles. The molecule has 10 heteroatoms. The van der Waals surface area contributed by atoms with E-state index >= 15 is 0 Å². The maximum Gasteiger partial charge on any atom is 0.271 e. The Hall–Kier alpha value is -3.40. The smallest absolute Gasteiger partial charge is 0.271 e. The maximum absolute atomic E-state index is 14.7. The second-order valence-electron chi connectivity index (χ2n) is 13.1. The molecule has 2 unspecified atom stereocenters. The van der Waals surface area contributed by atoms with Crippen LogP contribution in [-0.2, 0) is 38.3 Å². The number of likely N-dealkylation sites (tertiary alicyclic amines) is 1. The van der Waals surface area contributed by atoms with Gasteiger partial charge in [0.1, 0.15) is 28.7 Å². The van der Waals surface area contributed by atoms with Crippen LogP contribution in [0.4, 0.5) is 17.6 Å². The van der Waals surface area contributed by atoms with Gasteiger partial charge in [-0.1, -0.05) is 31.5 Å². The van der Waals surface area contributed by atoms with Crippen LogP contribution in [0.2, 0.25) is 0 Å². The van der Waals surface area contributed by atoms with Crippen LogP contribution in [0.1, 0.15) is 81.0 Å². The molecule has 0 radical (unpaired) electrons. The fourth-order valence-electron chi connectivity index (χ4n) is 8.01. The lowest BCUT2D eigenvalue weighted by Gasteiger charge is -2.43. The second-order valence-corrected chi connectivity index (χ2v) is 15.3. The van der Waals surface area contributed by atoms with Crippen molar-refractivity contribution in [3.05, 3.63) is 94.6 Å². The van der Waals surface area contributed by atoms with Crippen molar-refractivity contribution >= 4 is 15.7 Å². The normalized spacial score (nSPS) is 24.7. The summed E-state index contributed by atoms with van der Waals surface area (Å²) in [7, 11) is -4.13. The molecule has 1 amide bonds. The number of aryl methyl sites for hydroxylation is 1. The van der Waals surface area contributed by atoms with Crippen LogP contribution in [0.15, 0.2) is 65.6 Å². The third kappa shape index (κ3) is 5.60. The van der Waals surface area contributed by atoms with Gasteiger partial charge in [-0.3, -0.25) is 4.79 Å². The van der Waals surface area contributed by atoms with Crippen LogP contribution in [0, 0.1) is 23.5 Å². The Morgan fingerprint density at radius 1 is 1.00 bits per heavy atom. The first kappa shape index (κ1) is 32.5. The molecular weight excluding hydrogens is 618 g/mol. The van der Waals surface area contributed by atoms with Gasteiger partial charge in [-0.05, 0) is 104 Å². The fraction of sp³-hybridized carbons (Fsp3) is 0.472. The average molecular weight is 658 g/mol. The van der Waals surface area contributed by atoms with Crippen molar-refractivity contribution in [3.63, 3.8) is 0 Å². The van der Waals surface area contributed by atoms with Crippen molar-refractivity contribution in [2.75, 3.05) is 6.54 Å². The summed E-state index contributed by atoms with van der Waals surface area (Å²) in [5.41, 5.74) is 0.543. The number of carbonyl (C=O) groups excluding carboxylic acids is 1. The van der Waals surface area contributed by atoms with Crippen LogP contribution in [0.5, 0.6) is 5.75 Å². The van der Waals surface area contributed by atoms with Crippen molar-refractivity contribution < 1.29 is 35.5 Å². The number of amides is 1. The van der Waals surface area contributed by atoms with Gasteiger partial charge in [-0.15, -0.1) is 0 Å². The predicted octanol–water partition coefficient (Wildman–Crippen LogP) is 8.09. The van der Waals surface area contributed by atoms with Gasteiger partial charge in [-0.2, -0.15) is 0 Å². The summed E-state index contributed by atoms with van der Waals surface area (Å²) >= 11 is 0. The summed E-state index contributed by atoms with van der Waals surface area (Å²) in [6.07, 6.45) is 5.69. The number of nitrogens with zero attached hydrogens (tertiary/aromatic N) is 1. The molecule has 0 bridgehead atoms. The topological polar surface area (TPSA) is 63.7 Å². The minimum atomic E-state index is -4.13. The molecule has 1 saturated carbocycles. The van der Waals surface area contributed by atoms with Gasteiger partial charge in [0.05, 0.1) is 10.9 Å².